The van der Waals surface area contributed by atoms with Crippen molar-refractivity contribution in [3.8, 4) is 17.2 Å². The molecule has 174 valence electrons. The highest BCUT2D eigenvalue weighted by Gasteiger charge is 2.37. The largest absolute Gasteiger partial charge is 0.507 e. The molecule has 0 unspecified atom stereocenters. The average Bonchev–Trinajstić information content (AvgIpc) is 3.41. The zero-order valence-electron chi connectivity index (χ0n) is 18.0. The summed E-state index contributed by atoms with van der Waals surface area (Å²) < 4.78 is 43.1. The third-order valence-electron chi connectivity index (χ3n) is 5.34. The topological polar surface area (TPSA) is 119 Å². The summed E-state index contributed by atoms with van der Waals surface area (Å²) >= 11 is 0. The van der Waals surface area contributed by atoms with Crippen molar-refractivity contribution >= 4 is 16.2 Å². The fraction of sp³-hybridized carbons (Fsp3) is 0.304. The lowest BCUT2D eigenvalue weighted by atomic mass is 10.2. The van der Waals surface area contributed by atoms with Crippen molar-refractivity contribution in [3.05, 3.63) is 66.1 Å². The molecule has 1 saturated heterocycles. The zero-order chi connectivity index (χ0) is 23.4. The van der Waals surface area contributed by atoms with E-state index >= 15 is 0 Å². The molecule has 0 amide bonds. The smallest absolute Gasteiger partial charge is 0.493 e. The van der Waals surface area contributed by atoms with Gasteiger partial charge in [-0.3, -0.25) is 0 Å². The Morgan fingerprint density at radius 1 is 1.18 bits per heavy atom. The molecule has 1 atom stereocenters. The van der Waals surface area contributed by atoms with Gasteiger partial charge in [0, 0.05) is 24.9 Å². The standard InChI is InChI=1S/C23H24N2O7S/c1-16-20(24-22(31-16)17-6-3-2-4-7-17)13-15-30-18-9-11-19(12-10-18)33(28,29)25-14-5-8-21(25)32-23(26)27/h2-4,6-7,9-12,21H,5,8,13-15H2,1H3,(H,26,27)/t21-/m1/s1. The average molecular weight is 473 g/mol. The Morgan fingerprint density at radius 3 is 2.61 bits per heavy atom. The van der Waals surface area contributed by atoms with Crippen molar-refractivity contribution in [1.82, 2.24) is 9.29 Å². The van der Waals surface area contributed by atoms with E-state index in [-0.39, 0.29) is 11.4 Å². The fourth-order valence-electron chi connectivity index (χ4n) is 3.69. The normalized spacial score (nSPS) is 16.6. The summed E-state index contributed by atoms with van der Waals surface area (Å²) in [5, 5.41) is 8.83. The molecule has 1 aromatic heterocycles. The van der Waals surface area contributed by atoms with Crippen LogP contribution in [0.3, 0.4) is 0 Å². The van der Waals surface area contributed by atoms with Crippen LogP contribution in [0, 0.1) is 6.92 Å². The molecular formula is C23H24N2O7S. The Hall–Kier alpha value is -3.37. The van der Waals surface area contributed by atoms with Crippen LogP contribution in [0.15, 0.2) is 63.9 Å². The molecule has 2 heterocycles. The third kappa shape index (κ3) is 5.18. The van der Waals surface area contributed by atoms with Crippen molar-refractivity contribution < 1.29 is 32.2 Å². The number of benzene rings is 2. The summed E-state index contributed by atoms with van der Waals surface area (Å²) in [4.78, 5) is 15.4. The van der Waals surface area contributed by atoms with E-state index in [4.69, 9.17) is 19.0 Å². The van der Waals surface area contributed by atoms with Crippen LogP contribution in [0.5, 0.6) is 5.75 Å². The third-order valence-corrected chi connectivity index (χ3v) is 7.24. The lowest BCUT2D eigenvalue weighted by Gasteiger charge is -2.22. The van der Waals surface area contributed by atoms with Crippen LogP contribution in [0.4, 0.5) is 4.79 Å². The SMILES string of the molecule is Cc1oc(-c2ccccc2)nc1CCOc1ccc(S(=O)(=O)N2CCC[C@H]2OC(=O)O)cc1. The summed E-state index contributed by atoms with van der Waals surface area (Å²) in [5.74, 6) is 1.80. The molecule has 0 radical (unpaired) electrons. The number of aromatic nitrogens is 1. The van der Waals surface area contributed by atoms with Gasteiger partial charge in [0.15, 0.2) is 6.23 Å². The van der Waals surface area contributed by atoms with Crippen molar-refractivity contribution in [2.75, 3.05) is 13.2 Å². The van der Waals surface area contributed by atoms with E-state index in [9.17, 15) is 13.2 Å². The molecule has 3 aromatic rings. The number of hydrogen-bond donors (Lipinski definition) is 1. The van der Waals surface area contributed by atoms with Gasteiger partial charge in [0.05, 0.1) is 17.2 Å². The maximum Gasteiger partial charge on any atom is 0.507 e. The first-order chi connectivity index (χ1) is 15.8. The van der Waals surface area contributed by atoms with Crippen LogP contribution in [-0.4, -0.2) is 48.3 Å². The van der Waals surface area contributed by atoms with Crippen molar-refractivity contribution in [3.63, 3.8) is 0 Å². The maximum absolute atomic E-state index is 12.9. The minimum absolute atomic E-state index is 0.0515. The molecule has 1 N–H and O–H groups in total. The van der Waals surface area contributed by atoms with E-state index in [0.717, 1.165) is 21.3 Å². The van der Waals surface area contributed by atoms with E-state index in [2.05, 4.69) is 4.98 Å². The van der Waals surface area contributed by atoms with E-state index in [1.54, 1.807) is 12.1 Å². The Balaban J connectivity index is 1.37. The van der Waals surface area contributed by atoms with Gasteiger partial charge in [0.2, 0.25) is 15.9 Å². The number of ether oxygens (including phenoxy) is 2. The van der Waals surface area contributed by atoms with E-state index in [1.165, 1.54) is 12.1 Å². The number of oxazole rings is 1. The van der Waals surface area contributed by atoms with Gasteiger partial charge >= 0.3 is 6.16 Å². The number of sulfonamides is 1. The highest BCUT2D eigenvalue weighted by Crippen LogP contribution is 2.28. The molecule has 1 fully saturated rings. The second kappa shape index (κ2) is 9.63. The number of carbonyl (C=O) groups is 1. The molecule has 0 aliphatic carbocycles. The highest BCUT2D eigenvalue weighted by atomic mass is 32.2. The maximum atomic E-state index is 12.9. The summed E-state index contributed by atoms with van der Waals surface area (Å²) in [7, 11) is -3.88. The minimum Gasteiger partial charge on any atom is -0.493 e. The first-order valence-electron chi connectivity index (χ1n) is 10.5. The predicted octanol–water partition coefficient (Wildman–Crippen LogP) is 4.08. The summed E-state index contributed by atoms with van der Waals surface area (Å²) in [6.07, 6.45) is -1.10. The van der Waals surface area contributed by atoms with Gasteiger partial charge in [-0.15, -0.1) is 0 Å². The van der Waals surface area contributed by atoms with Crippen LogP contribution in [0.2, 0.25) is 0 Å². The molecule has 0 saturated carbocycles. The van der Waals surface area contributed by atoms with Gasteiger partial charge < -0.3 is 19.0 Å². The first-order valence-corrected chi connectivity index (χ1v) is 11.9. The molecule has 9 nitrogen and oxygen atoms in total. The Morgan fingerprint density at radius 2 is 1.91 bits per heavy atom. The molecule has 4 rings (SSSR count). The molecule has 1 aliphatic rings. The van der Waals surface area contributed by atoms with E-state index < -0.39 is 22.4 Å². The minimum atomic E-state index is -3.88. The number of hydrogen-bond acceptors (Lipinski definition) is 7. The molecule has 10 heteroatoms. The lowest BCUT2D eigenvalue weighted by molar-refractivity contribution is 0.0170. The van der Waals surface area contributed by atoms with Crippen LogP contribution in [0.1, 0.15) is 24.3 Å². The van der Waals surface area contributed by atoms with E-state index in [1.807, 2.05) is 37.3 Å². The summed E-state index contributed by atoms with van der Waals surface area (Å²) in [6, 6.07) is 15.7. The van der Waals surface area contributed by atoms with Gasteiger partial charge in [0.25, 0.3) is 0 Å². The van der Waals surface area contributed by atoms with Crippen molar-refractivity contribution in [2.45, 2.75) is 37.3 Å². The highest BCUT2D eigenvalue weighted by molar-refractivity contribution is 7.89. The quantitative estimate of drug-likeness (QED) is 0.487. The molecule has 0 bridgehead atoms. The second-order valence-electron chi connectivity index (χ2n) is 7.55. The van der Waals surface area contributed by atoms with Gasteiger partial charge in [-0.25, -0.2) is 18.2 Å². The van der Waals surface area contributed by atoms with Gasteiger partial charge in [0.1, 0.15) is 11.5 Å². The Labute approximate surface area is 191 Å². The second-order valence-corrected chi connectivity index (χ2v) is 9.44. The Bertz CT molecular complexity index is 1210. The Kier molecular flexibility index (Phi) is 6.66. The molecule has 2 aromatic carbocycles. The molecule has 1 aliphatic heterocycles. The zero-order valence-corrected chi connectivity index (χ0v) is 18.8. The van der Waals surface area contributed by atoms with Gasteiger partial charge in [-0.05, 0) is 49.7 Å². The van der Waals surface area contributed by atoms with Crippen molar-refractivity contribution in [1.29, 1.82) is 0 Å². The predicted molar refractivity (Wildman–Crippen MR) is 118 cm³/mol. The van der Waals surface area contributed by atoms with E-state index in [0.29, 0.717) is 37.5 Å². The van der Waals surface area contributed by atoms with Crippen LogP contribution in [0.25, 0.3) is 11.5 Å². The van der Waals surface area contributed by atoms with Crippen LogP contribution < -0.4 is 4.74 Å². The molecule has 33 heavy (non-hydrogen) atoms. The first kappa shape index (κ1) is 22.8. The fourth-order valence-corrected chi connectivity index (χ4v) is 5.27. The molecular weight excluding hydrogens is 448 g/mol. The monoisotopic (exact) mass is 472 g/mol. The number of carboxylic acid groups (broad SMARTS) is 1. The number of rotatable bonds is 8. The van der Waals surface area contributed by atoms with Gasteiger partial charge in [-0.2, -0.15) is 4.31 Å². The number of aryl methyl sites for hydroxylation is 1. The molecule has 0 spiro atoms. The lowest BCUT2D eigenvalue weighted by Crippen LogP contribution is -2.38. The summed E-state index contributed by atoms with van der Waals surface area (Å²) in [5.41, 5.74) is 1.70. The summed E-state index contributed by atoms with van der Waals surface area (Å²) in [6.45, 7) is 2.41. The van der Waals surface area contributed by atoms with Crippen molar-refractivity contribution in [2.24, 2.45) is 0 Å². The van der Waals surface area contributed by atoms with Crippen LogP contribution >= 0.6 is 0 Å². The van der Waals surface area contributed by atoms with Crippen LogP contribution in [-0.2, 0) is 21.2 Å². The number of nitrogens with zero attached hydrogens (tertiary/aromatic N) is 2. The van der Waals surface area contributed by atoms with Gasteiger partial charge in [-0.1, -0.05) is 18.2 Å².